The van der Waals surface area contributed by atoms with Gasteiger partial charge in [0.25, 0.3) is 23.6 Å². The molecular weight excluding hydrogens is 921 g/mol. The van der Waals surface area contributed by atoms with Crippen LogP contribution in [-0.4, -0.2) is 89.9 Å². The number of hydrogen-bond acceptors (Lipinski definition) is 7. The van der Waals surface area contributed by atoms with E-state index in [1.165, 1.54) is 69.6 Å². The zero-order valence-electron chi connectivity index (χ0n) is 37.7. The van der Waals surface area contributed by atoms with Crippen LogP contribution in [0.3, 0.4) is 0 Å². The largest absolute Gasteiger partial charge is 0.458 e. The molecule has 10 aromatic rings. The summed E-state index contributed by atoms with van der Waals surface area (Å²) < 4.78 is 67.1. The summed E-state index contributed by atoms with van der Waals surface area (Å²) >= 11 is 0. The number of aliphatic hydroxyl groups is 1. The van der Waals surface area contributed by atoms with Gasteiger partial charge in [-0.2, -0.15) is 0 Å². The quantitative estimate of drug-likeness (QED) is 0.0687. The van der Waals surface area contributed by atoms with Crippen molar-refractivity contribution >= 4 is 117 Å². The van der Waals surface area contributed by atoms with Gasteiger partial charge >= 0.3 is 5.97 Å². The molecule has 0 fully saturated rings. The van der Waals surface area contributed by atoms with Gasteiger partial charge in [-0.1, -0.05) is 18.2 Å². The monoisotopic (exact) mass is 956 g/mol. The number of hydrogen-bond donors (Lipinski definition) is 3. The zero-order chi connectivity index (χ0) is 49.2. The first-order chi connectivity index (χ1) is 34.1. The van der Waals surface area contributed by atoms with Crippen molar-refractivity contribution in [2.24, 2.45) is 0 Å². The summed E-state index contributed by atoms with van der Waals surface area (Å²) in [5.41, 5.74) is 5.61. The van der Waals surface area contributed by atoms with Gasteiger partial charge < -0.3 is 28.9 Å². The van der Waals surface area contributed by atoms with E-state index >= 15 is 0 Å². The topological polar surface area (TPSA) is 163 Å². The molecule has 0 saturated carbocycles. The first-order valence-electron chi connectivity index (χ1n) is 22.8. The van der Waals surface area contributed by atoms with Gasteiger partial charge in [0.1, 0.15) is 29.4 Å². The lowest BCUT2D eigenvalue weighted by molar-refractivity contribution is -0.144. The number of rotatable bonds is 3. The van der Waals surface area contributed by atoms with Gasteiger partial charge in [0.15, 0.2) is 0 Å². The Morgan fingerprint density at radius 1 is 0.549 bits per heavy atom. The second kappa shape index (κ2) is 14.7. The van der Waals surface area contributed by atoms with Crippen LogP contribution in [0.1, 0.15) is 73.3 Å². The number of H-pyrrole nitrogens is 2. The van der Waals surface area contributed by atoms with Gasteiger partial charge in [0.05, 0.1) is 62.5 Å². The van der Waals surface area contributed by atoms with Crippen LogP contribution in [0, 0.1) is 23.3 Å². The molecule has 352 valence electrons. The van der Waals surface area contributed by atoms with Crippen LogP contribution in [0.15, 0.2) is 97.1 Å². The lowest BCUT2D eigenvalue weighted by atomic mass is 9.96. The minimum absolute atomic E-state index is 0.174. The number of allylic oxidation sites excluding steroid dienone is 2. The third-order valence-electron chi connectivity index (χ3n) is 14.5. The minimum Gasteiger partial charge on any atom is -0.458 e. The van der Waals surface area contributed by atoms with Crippen molar-refractivity contribution in [1.29, 1.82) is 0 Å². The summed E-state index contributed by atoms with van der Waals surface area (Å²) in [6.07, 6.45) is 7.09. The Morgan fingerprint density at radius 3 is 1.37 bits per heavy atom. The number of halogens is 4. The first kappa shape index (κ1) is 42.5. The fraction of sp³-hybridized carbons (Fsp3) is 0.167. The normalized spacial score (nSPS) is 19.7. The summed E-state index contributed by atoms with van der Waals surface area (Å²) in [6.45, 7) is 1.35. The van der Waals surface area contributed by atoms with E-state index in [-0.39, 0.29) is 34.3 Å². The molecule has 6 heterocycles. The summed E-state index contributed by atoms with van der Waals surface area (Å²) in [5, 5.41) is 14.0. The lowest BCUT2D eigenvalue weighted by Gasteiger charge is -2.17. The number of esters is 1. The zero-order valence-corrected chi connectivity index (χ0v) is 37.7. The number of carbonyl (C=O) groups excluding carboxylic acids is 5. The average molecular weight is 957 g/mol. The highest BCUT2D eigenvalue weighted by atomic mass is 19.1. The van der Waals surface area contributed by atoms with Crippen molar-refractivity contribution in [3.63, 3.8) is 0 Å². The maximum atomic E-state index is 14.6. The van der Waals surface area contributed by atoms with Crippen LogP contribution >= 0.6 is 0 Å². The van der Waals surface area contributed by atoms with Gasteiger partial charge in [-0.3, -0.25) is 33.8 Å². The molecule has 2 aliphatic carbocycles. The third kappa shape index (κ3) is 5.80. The Bertz CT molecular complexity index is 4250. The minimum atomic E-state index is -0.631. The van der Waals surface area contributed by atoms with Crippen LogP contribution in [-0.2, 0) is 9.53 Å². The van der Waals surface area contributed by atoms with Gasteiger partial charge in [-0.05, 0) is 78.9 Å². The maximum absolute atomic E-state index is 14.6. The fourth-order valence-corrected chi connectivity index (χ4v) is 11.7. The maximum Gasteiger partial charge on any atom is 0.303 e. The number of aromatic amines is 2. The molecule has 13 nitrogen and oxygen atoms in total. The Kier molecular flexibility index (Phi) is 8.82. The number of carbonyl (C=O) groups is 5. The lowest BCUT2D eigenvalue weighted by Crippen LogP contribution is -2.24. The van der Waals surface area contributed by atoms with Crippen molar-refractivity contribution in [3.05, 3.63) is 143 Å². The van der Waals surface area contributed by atoms with Crippen molar-refractivity contribution in [1.82, 2.24) is 28.9 Å². The van der Waals surface area contributed by atoms with E-state index in [0.717, 1.165) is 9.80 Å². The van der Waals surface area contributed by atoms with Gasteiger partial charge in [0, 0.05) is 99.0 Å². The molecule has 14 rings (SSSR count). The van der Waals surface area contributed by atoms with E-state index in [9.17, 15) is 46.6 Å². The number of ether oxygens (including phenoxy) is 1. The summed E-state index contributed by atoms with van der Waals surface area (Å²) in [7, 11) is 2.81. The molecule has 0 spiro atoms. The van der Waals surface area contributed by atoms with Crippen LogP contribution in [0.4, 0.5) is 17.6 Å². The number of aromatic nitrogens is 4. The predicted molar refractivity (Wildman–Crippen MR) is 257 cm³/mol. The molecule has 3 N–H and O–H groups in total. The van der Waals surface area contributed by atoms with E-state index in [2.05, 4.69) is 9.97 Å². The molecule has 2 aliphatic heterocycles. The summed E-state index contributed by atoms with van der Waals surface area (Å²) in [4.78, 5) is 73.8. The number of aliphatic hydroxyl groups excluding tert-OH is 1. The van der Waals surface area contributed by atoms with Crippen LogP contribution in [0.2, 0.25) is 0 Å². The molecule has 4 atom stereocenters. The molecule has 0 saturated heterocycles. The highest BCUT2D eigenvalue weighted by Crippen LogP contribution is 2.49. The number of amides is 4. The standard InChI is InChI=1S/C28H19F2N3O4.C26H17F2N3O3/c1-12(34)37-16-6-5-15(11-16)33-20-8-4-14(30)10-18(20)22-24-23(27(35)32(2)28(24)36)21-17-9-13(29)3-7-19(17)31-25(21)26(22)33;1-30-25(33)21-19-15-8-11(27)2-6-17(15)29-23(19)24-20(22(21)26(30)34)16-9-12(28)3-7-18(16)31(24)13-4-5-14(32)10-13/h3-10,15-16,31H,11H2,1-2H3;2-9,13-14,29,32H,10H2,1H3/t15?,16-;13?,14-/m11/s1. The summed E-state index contributed by atoms with van der Waals surface area (Å²) in [5.74, 6) is -4.24. The molecule has 17 heteroatoms. The molecule has 0 radical (unpaired) electrons. The third-order valence-corrected chi connectivity index (χ3v) is 14.5. The SMILES string of the molecule is CC(=O)O[C@@H]1C=CC(n2c3ccc(F)cc3c3c4c(c5c6cc(F)ccc6[nH]c5c32)C(=O)N(C)C4=O)C1.CN1C(=O)c2c(c3c4cc(F)ccc4n(C4C=C[C@@H](O)C4)c3c3[nH]c4ccc(F)cc4c23)C1=O. The molecular formula is C54H36F4N6O7. The molecule has 4 aliphatic rings. The van der Waals surface area contributed by atoms with E-state index in [0.29, 0.717) is 100 Å². The van der Waals surface area contributed by atoms with Crippen molar-refractivity contribution in [3.8, 4) is 0 Å². The fourth-order valence-electron chi connectivity index (χ4n) is 11.7. The van der Waals surface area contributed by atoms with Gasteiger partial charge in [-0.15, -0.1) is 0 Å². The van der Waals surface area contributed by atoms with Crippen molar-refractivity contribution in [2.75, 3.05) is 14.1 Å². The number of imide groups is 2. The van der Waals surface area contributed by atoms with Gasteiger partial charge in [0.2, 0.25) is 0 Å². The van der Waals surface area contributed by atoms with Crippen molar-refractivity contribution in [2.45, 2.75) is 44.1 Å². The smallest absolute Gasteiger partial charge is 0.303 e. The summed E-state index contributed by atoms with van der Waals surface area (Å²) in [6, 6.07) is 16.7. The van der Waals surface area contributed by atoms with E-state index in [1.807, 2.05) is 21.3 Å². The second-order valence-electron chi connectivity index (χ2n) is 18.6. The molecule has 4 amide bonds. The number of fused-ring (bicyclic) bond motifs is 20. The van der Waals surface area contributed by atoms with E-state index in [1.54, 1.807) is 36.4 Å². The molecule has 2 unspecified atom stereocenters. The number of nitrogens with zero attached hydrogens (tertiary/aromatic N) is 4. The van der Waals surface area contributed by atoms with Gasteiger partial charge in [-0.25, -0.2) is 17.6 Å². The molecule has 6 aromatic carbocycles. The van der Waals surface area contributed by atoms with E-state index < -0.39 is 65.1 Å². The Labute approximate surface area is 396 Å². The van der Waals surface area contributed by atoms with Crippen LogP contribution < -0.4 is 0 Å². The van der Waals surface area contributed by atoms with E-state index in [4.69, 9.17) is 4.74 Å². The van der Waals surface area contributed by atoms with Crippen LogP contribution in [0.25, 0.3) is 87.2 Å². The Morgan fingerprint density at radius 2 is 0.944 bits per heavy atom. The molecule has 71 heavy (non-hydrogen) atoms. The second-order valence-corrected chi connectivity index (χ2v) is 18.6. The number of nitrogens with one attached hydrogen (secondary N) is 2. The molecule has 0 bridgehead atoms. The van der Waals surface area contributed by atoms with Crippen molar-refractivity contribution < 1.29 is 51.4 Å². The number of benzene rings is 6. The highest BCUT2D eigenvalue weighted by Gasteiger charge is 2.42. The predicted octanol–water partition coefficient (Wildman–Crippen LogP) is 10.2. The van der Waals surface area contributed by atoms with Crippen LogP contribution in [0.5, 0.6) is 0 Å². The first-order valence-corrected chi connectivity index (χ1v) is 22.8. The highest BCUT2D eigenvalue weighted by molar-refractivity contribution is 6.40. The Balaban J connectivity index is 0.000000139. The average Bonchev–Trinajstić information content (AvgIpc) is 4.23. The molecule has 4 aromatic heterocycles. The Hall–Kier alpha value is -8.57.